The van der Waals surface area contributed by atoms with E-state index in [2.05, 4.69) is 5.32 Å². The monoisotopic (exact) mass is 473 g/mol. The first-order chi connectivity index (χ1) is 15.2. The molecular weight excluding hydrogens is 446 g/mol. The number of fused-ring (bicyclic) bond motifs is 1. The van der Waals surface area contributed by atoms with Crippen LogP contribution in [0.1, 0.15) is 38.3 Å². The van der Waals surface area contributed by atoms with Crippen LogP contribution in [-0.2, 0) is 14.8 Å². The molecule has 0 saturated carbocycles. The quantitative estimate of drug-likeness (QED) is 0.607. The van der Waals surface area contributed by atoms with E-state index in [-0.39, 0.29) is 27.6 Å². The van der Waals surface area contributed by atoms with E-state index >= 15 is 0 Å². The van der Waals surface area contributed by atoms with Crippen molar-refractivity contribution in [3.63, 3.8) is 0 Å². The van der Waals surface area contributed by atoms with Gasteiger partial charge >= 0.3 is 4.87 Å². The smallest absolute Gasteiger partial charge is 0.308 e. The minimum absolute atomic E-state index is 0.0133. The number of carbonyl (C=O) groups is 1. The van der Waals surface area contributed by atoms with E-state index < -0.39 is 10.0 Å². The molecule has 9 heteroatoms. The normalized spacial score (nSPS) is 16.0. The van der Waals surface area contributed by atoms with Gasteiger partial charge in [0.15, 0.2) is 0 Å². The molecule has 1 fully saturated rings. The Morgan fingerprint density at radius 3 is 2.38 bits per heavy atom. The van der Waals surface area contributed by atoms with Crippen LogP contribution in [-0.4, -0.2) is 36.3 Å². The molecule has 2 aromatic carbocycles. The number of benzene rings is 2. The third-order valence-corrected chi connectivity index (χ3v) is 8.71. The van der Waals surface area contributed by atoms with Crippen LogP contribution in [0.5, 0.6) is 0 Å². The highest BCUT2D eigenvalue weighted by atomic mass is 32.2. The molecule has 1 aliphatic rings. The molecule has 1 amide bonds. The second-order valence-corrected chi connectivity index (χ2v) is 11.4. The van der Waals surface area contributed by atoms with Crippen LogP contribution < -0.4 is 10.2 Å². The van der Waals surface area contributed by atoms with Crippen molar-refractivity contribution >= 4 is 43.2 Å². The third-order valence-electron chi connectivity index (χ3n) is 5.88. The summed E-state index contributed by atoms with van der Waals surface area (Å²) in [5.74, 6) is -0.374. The van der Waals surface area contributed by atoms with Gasteiger partial charge in [0.2, 0.25) is 15.9 Å². The Labute approximate surface area is 191 Å². The number of nitrogens with zero attached hydrogens (tertiary/aromatic N) is 2. The lowest BCUT2D eigenvalue weighted by Crippen LogP contribution is -2.41. The molecule has 0 aliphatic carbocycles. The van der Waals surface area contributed by atoms with Gasteiger partial charge in [-0.1, -0.05) is 29.0 Å². The lowest BCUT2D eigenvalue weighted by Gasteiger charge is -2.30. The van der Waals surface area contributed by atoms with E-state index in [0.29, 0.717) is 31.6 Å². The van der Waals surface area contributed by atoms with Crippen LogP contribution in [0.3, 0.4) is 0 Å². The van der Waals surface area contributed by atoms with Crippen LogP contribution in [0.15, 0.2) is 52.2 Å². The number of amides is 1. The van der Waals surface area contributed by atoms with E-state index in [1.165, 1.54) is 15.6 Å². The Bertz CT molecular complexity index is 1300. The minimum Gasteiger partial charge on any atom is -0.326 e. The molecule has 4 rings (SSSR count). The molecular formula is C23H27N3O4S2. The average Bonchev–Trinajstić information content (AvgIpc) is 3.09. The molecule has 32 heavy (non-hydrogen) atoms. The number of thiazole rings is 1. The number of carbonyl (C=O) groups excluding carboxylic acids is 1. The van der Waals surface area contributed by atoms with Gasteiger partial charge in [0.1, 0.15) is 0 Å². The van der Waals surface area contributed by atoms with Crippen molar-refractivity contribution in [3.8, 4) is 0 Å². The molecule has 2 heterocycles. The van der Waals surface area contributed by atoms with Gasteiger partial charge in [0.05, 0.1) is 15.1 Å². The highest BCUT2D eigenvalue weighted by Gasteiger charge is 2.32. The summed E-state index contributed by atoms with van der Waals surface area (Å²) in [7, 11) is -3.55. The summed E-state index contributed by atoms with van der Waals surface area (Å²) in [6.45, 7) is 6.47. The number of rotatable bonds is 5. The fourth-order valence-electron chi connectivity index (χ4n) is 4.07. The number of aryl methyl sites for hydroxylation is 1. The van der Waals surface area contributed by atoms with Crippen LogP contribution >= 0.6 is 11.3 Å². The summed E-state index contributed by atoms with van der Waals surface area (Å²) in [6.07, 6.45) is 0.937. The Kier molecular flexibility index (Phi) is 6.24. The molecule has 1 aliphatic heterocycles. The zero-order valence-corrected chi connectivity index (χ0v) is 20.0. The fourth-order valence-corrected chi connectivity index (χ4v) is 6.59. The van der Waals surface area contributed by atoms with Crippen molar-refractivity contribution < 1.29 is 13.2 Å². The van der Waals surface area contributed by atoms with Gasteiger partial charge in [-0.05, 0) is 63.9 Å². The number of sulfonamides is 1. The largest absolute Gasteiger partial charge is 0.326 e. The van der Waals surface area contributed by atoms with Gasteiger partial charge in [0, 0.05) is 30.7 Å². The van der Waals surface area contributed by atoms with Gasteiger partial charge < -0.3 is 5.32 Å². The Hall–Kier alpha value is -2.49. The summed E-state index contributed by atoms with van der Waals surface area (Å²) in [5.41, 5.74) is 2.52. The SMILES string of the molecule is Cc1ccc(S(=O)(=O)N2CCC(C(=O)Nc3ccc4c(c3)sc(=O)n4C(C)C)CC2)cc1. The van der Waals surface area contributed by atoms with Crippen molar-refractivity contribution in [2.45, 2.75) is 44.6 Å². The predicted octanol–water partition coefficient (Wildman–Crippen LogP) is 3.99. The summed E-state index contributed by atoms with van der Waals surface area (Å²) in [5, 5.41) is 2.94. The van der Waals surface area contributed by atoms with E-state index in [9.17, 15) is 18.0 Å². The Morgan fingerprint density at radius 2 is 1.75 bits per heavy atom. The molecule has 1 aromatic heterocycles. The maximum Gasteiger partial charge on any atom is 0.308 e. The minimum atomic E-state index is -3.55. The topological polar surface area (TPSA) is 88.5 Å². The number of piperidine rings is 1. The Balaban J connectivity index is 1.41. The zero-order valence-electron chi connectivity index (χ0n) is 18.4. The molecule has 170 valence electrons. The van der Waals surface area contributed by atoms with Crippen molar-refractivity contribution in [2.75, 3.05) is 18.4 Å². The van der Waals surface area contributed by atoms with E-state index in [1.807, 2.05) is 39.0 Å². The van der Waals surface area contributed by atoms with Gasteiger partial charge in [-0.15, -0.1) is 0 Å². The summed E-state index contributed by atoms with van der Waals surface area (Å²) in [6, 6.07) is 12.4. The van der Waals surface area contributed by atoms with Crippen LogP contribution in [0, 0.1) is 12.8 Å². The highest BCUT2D eigenvalue weighted by molar-refractivity contribution is 7.89. The molecule has 0 unspecified atom stereocenters. The summed E-state index contributed by atoms with van der Waals surface area (Å²) < 4.78 is 29.8. The first kappa shape index (κ1) is 22.7. The summed E-state index contributed by atoms with van der Waals surface area (Å²) in [4.78, 5) is 25.3. The van der Waals surface area contributed by atoms with Crippen LogP contribution in [0.4, 0.5) is 5.69 Å². The first-order valence-corrected chi connectivity index (χ1v) is 13.0. The zero-order chi connectivity index (χ0) is 23.0. The maximum atomic E-state index is 12.9. The molecule has 1 N–H and O–H groups in total. The predicted molar refractivity (Wildman–Crippen MR) is 128 cm³/mol. The molecule has 3 aromatic rings. The number of aromatic nitrogens is 1. The van der Waals surface area contributed by atoms with Gasteiger partial charge in [-0.3, -0.25) is 14.2 Å². The number of hydrogen-bond donors (Lipinski definition) is 1. The third kappa shape index (κ3) is 4.37. The molecule has 7 nitrogen and oxygen atoms in total. The lowest BCUT2D eigenvalue weighted by molar-refractivity contribution is -0.120. The second-order valence-electron chi connectivity index (χ2n) is 8.49. The second kappa shape index (κ2) is 8.80. The molecule has 1 saturated heterocycles. The van der Waals surface area contributed by atoms with Crippen molar-refractivity contribution in [2.24, 2.45) is 5.92 Å². The van der Waals surface area contributed by atoms with Crippen LogP contribution in [0.25, 0.3) is 10.2 Å². The first-order valence-electron chi connectivity index (χ1n) is 10.7. The van der Waals surface area contributed by atoms with E-state index in [1.54, 1.807) is 28.8 Å². The molecule has 0 radical (unpaired) electrons. The highest BCUT2D eigenvalue weighted by Crippen LogP contribution is 2.27. The number of nitrogens with one attached hydrogen (secondary N) is 1. The number of anilines is 1. The van der Waals surface area contributed by atoms with E-state index in [4.69, 9.17) is 0 Å². The van der Waals surface area contributed by atoms with Gasteiger partial charge in [-0.25, -0.2) is 8.42 Å². The van der Waals surface area contributed by atoms with Crippen LogP contribution in [0.2, 0.25) is 0 Å². The van der Waals surface area contributed by atoms with Crippen molar-refractivity contribution in [3.05, 3.63) is 57.7 Å². The lowest BCUT2D eigenvalue weighted by atomic mass is 9.97. The fraction of sp³-hybridized carbons (Fsp3) is 0.391. The Morgan fingerprint density at radius 1 is 1.09 bits per heavy atom. The van der Waals surface area contributed by atoms with E-state index in [0.717, 1.165) is 15.8 Å². The van der Waals surface area contributed by atoms with Gasteiger partial charge in [0.25, 0.3) is 0 Å². The molecule has 0 spiro atoms. The summed E-state index contributed by atoms with van der Waals surface area (Å²) >= 11 is 1.17. The standard InChI is InChI=1S/C23H27N3O4S2/c1-15(2)26-20-9-6-18(14-21(20)31-23(26)28)24-22(27)17-10-12-25(13-11-17)32(29,30)19-7-4-16(3)5-8-19/h4-9,14-15,17H,10-13H2,1-3H3,(H,24,27). The maximum absolute atomic E-state index is 12.9. The van der Waals surface area contributed by atoms with Crippen molar-refractivity contribution in [1.29, 1.82) is 0 Å². The van der Waals surface area contributed by atoms with Gasteiger partial charge in [-0.2, -0.15) is 4.31 Å². The average molecular weight is 474 g/mol. The molecule has 0 atom stereocenters. The number of hydrogen-bond acceptors (Lipinski definition) is 5. The molecule has 0 bridgehead atoms. The van der Waals surface area contributed by atoms with Crippen molar-refractivity contribution in [1.82, 2.24) is 8.87 Å².